The molecule has 106 heavy (non-hydrogen) atoms. The molecule has 3 heterocycles. The van der Waals surface area contributed by atoms with Gasteiger partial charge < -0.3 is 75.1 Å². The Bertz CT molecular complexity index is 4890. The summed E-state index contributed by atoms with van der Waals surface area (Å²) < 4.78 is 246. The van der Waals surface area contributed by atoms with Gasteiger partial charge in [0.05, 0.1) is 109 Å². The Hall–Kier alpha value is -7.31. The van der Waals surface area contributed by atoms with Crippen LogP contribution in [-0.2, 0) is 119 Å². The molecule has 1 fully saturated rings. The minimum atomic E-state index is -5.51. The molecular weight excluding hydrogens is 1490 g/mol. The predicted molar refractivity (Wildman–Crippen MR) is 373 cm³/mol. The van der Waals surface area contributed by atoms with Gasteiger partial charge in [-0.15, -0.1) is 5.06 Å². The van der Waals surface area contributed by atoms with E-state index in [9.17, 15) is 79.2 Å². The number of methoxy groups -OCH3 is 2. The van der Waals surface area contributed by atoms with E-state index in [2.05, 4.69) is 0 Å². The summed E-state index contributed by atoms with van der Waals surface area (Å²) in [7, 11) is -23.7. The van der Waals surface area contributed by atoms with Crippen molar-refractivity contribution in [3.63, 3.8) is 0 Å². The van der Waals surface area contributed by atoms with Crippen LogP contribution in [0.25, 0.3) is 21.5 Å². The Morgan fingerprint density at radius 2 is 1.01 bits per heavy atom. The van der Waals surface area contributed by atoms with Gasteiger partial charge in [-0.25, -0.2) is 46.9 Å². The van der Waals surface area contributed by atoms with Crippen molar-refractivity contribution in [2.24, 2.45) is 0 Å². The first-order valence-electron chi connectivity index (χ1n) is 33.7. The summed E-state index contributed by atoms with van der Waals surface area (Å²) in [6, 6.07) is 13.4. The second-order valence-electron chi connectivity index (χ2n) is 25.3. The molecule has 2 atom stereocenters. The smallest absolute Gasteiger partial charge is 0.333 e. The fourth-order valence-electron chi connectivity index (χ4n) is 13.4. The molecule has 0 bridgehead atoms. The van der Waals surface area contributed by atoms with Gasteiger partial charge in [0, 0.05) is 93.1 Å². The van der Waals surface area contributed by atoms with Gasteiger partial charge >= 0.3 is 5.97 Å². The Morgan fingerprint density at radius 1 is 0.528 bits per heavy atom. The third-order valence-electron chi connectivity index (χ3n) is 18.4. The first kappa shape index (κ1) is 82.7. The summed E-state index contributed by atoms with van der Waals surface area (Å²) >= 11 is 0. The van der Waals surface area contributed by atoms with Crippen LogP contribution >= 0.6 is 0 Å². The lowest BCUT2D eigenvalue weighted by molar-refractivity contribution is -0.433. The lowest BCUT2D eigenvalue weighted by Gasteiger charge is -2.31. The molecule has 1 saturated heterocycles. The summed E-state index contributed by atoms with van der Waals surface area (Å²) in [6.07, 6.45) is 7.22. The highest BCUT2D eigenvalue weighted by atomic mass is 32.2. The van der Waals surface area contributed by atoms with Crippen molar-refractivity contribution < 1.29 is 131 Å². The van der Waals surface area contributed by atoms with E-state index in [0.717, 1.165) is 24.3 Å². The number of anilines is 1. The van der Waals surface area contributed by atoms with E-state index in [4.69, 9.17) is 47.5 Å². The van der Waals surface area contributed by atoms with E-state index in [1.54, 1.807) is 49.3 Å². The summed E-state index contributed by atoms with van der Waals surface area (Å²) in [5.41, 5.74) is 0.513. The molecule has 5 aromatic carbocycles. The zero-order valence-corrected chi connectivity index (χ0v) is 62.8. The summed E-state index contributed by atoms with van der Waals surface area (Å²) in [6.45, 7) is 8.33. The average molecular weight is 1570 g/mol. The topological polar surface area (TPSA) is 439 Å². The third kappa shape index (κ3) is 19.8. The molecule has 0 saturated carbocycles. The van der Waals surface area contributed by atoms with E-state index >= 15 is 0 Å². The Labute approximate surface area is 615 Å². The van der Waals surface area contributed by atoms with Gasteiger partial charge in [-0.05, 0) is 165 Å². The van der Waals surface area contributed by atoms with E-state index < -0.39 is 110 Å². The van der Waals surface area contributed by atoms with Crippen LogP contribution in [0, 0.1) is 0 Å². The largest absolute Gasteiger partial charge is 0.744 e. The van der Waals surface area contributed by atoms with Crippen molar-refractivity contribution in [1.82, 2.24) is 5.06 Å². The van der Waals surface area contributed by atoms with Crippen LogP contribution in [0.4, 0.5) is 11.4 Å². The van der Waals surface area contributed by atoms with Crippen molar-refractivity contribution in [3.05, 3.63) is 131 Å². The number of hydrogen-bond acceptors (Lipinski definition) is 29. The Balaban J connectivity index is 1.21. The second-order valence-corrected chi connectivity index (χ2v) is 32.2. The highest BCUT2D eigenvalue weighted by Crippen LogP contribution is 2.55. The number of imide groups is 1. The number of hydroxylamine groups is 2. The molecule has 4 aliphatic rings. The van der Waals surface area contributed by atoms with Crippen LogP contribution in [0.3, 0.4) is 0 Å². The molecule has 36 heteroatoms. The molecule has 2 amide bonds. The van der Waals surface area contributed by atoms with Crippen molar-refractivity contribution in [2.45, 2.75) is 114 Å². The predicted octanol–water partition coefficient (Wildman–Crippen LogP) is 6.11. The number of nitrogens with zero attached hydrogens (tertiary/aromatic N) is 3. The number of rotatable bonds is 40. The number of allylic oxidation sites excluding steroid dienone is 7. The lowest BCUT2D eigenvalue weighted by Crippen LogP contribution is -2.33. The summed E-state index contributed by atoms with van der Waals surface area (Å²) in [5.74, 6) is -2.15. The summed E-state index contributed by atoms with van der Waals surface area (Å²) in [5, 5.41) is -0.134. The third-order valence-corrected chi connectivity index (χ3v) is 22.7. The van der Waals surface area contributed by atoms with Crippen molar-refractivity contribution >= 4 is 107 Å². The number of fused-ring (bicyclic) bond motifs is 6. The lowest BCUT2D eigenvalue weighted by atomic mass is 9.74. The van der Waals surface area contributed by atoms with Crippen LogP contribution < -0.4 is 9.64 Å². The average Bonchev–Trinajstić information content (AvgIpc) is 1.53. The molecule has 578 valence electrons. The molecule has 0 aromatic heterocycles. The number of amides is 2. The van der Waals surface area contributed by atoms with Gasteiger partial charge in [-0.1, -0.05) is 12.1 Å². The number of hydrogen-bond donors (Lipinski definition) is 0. The maximum Gasteiger partial charge on any atom is 0.333 e. The zero-order chi connectivity index (χ0) is 77.0. The normalized spacial score (nSPS) is 19.0. The van der Waals surface area contributed by atoms with E-state index in [0.29, 0.717) is 90.3 Å². The molecule has 1 aliphatic carbocycles. The van der Waals surface area contributed by atoms with Crippen molar-refractivity contribution in [3.8, 4) is 5.75 Å². The molecule has 0 spiro atoms. The Morgan fingerprint density at radius 3 is 1.50 bits per heavy atom. The van der Waals surface area contributed by atoms with Gasteiger partial charge in [-0.3, -0.25) is 9.59 Å². The molecular formula is C70H81N3O28S5-4. The first-order valence-corrected chi connectivity index (χ1v) is 40.8. The SMILES string of the molecule is CC[N+]1=C(/C=C/C2=C(Oc3ccc(S(=O)(=O)[O-])cc3)C(=C/C=C3/N(CCCC(=O)ON4C(=O)CCC4=O)c4ccc5c(S(=O)(=O)[O-])cc(S(=O)(=O)[O-])cc5c4C3(C)CCOCCOCCOCCOC)/CCC2)C(C)(CCOCCOCCOCCOC)c2c1ccc1c(S(=O)(=O)[O-])cc(S(=O)(=O)[O-])cc21. The molecule has 0 N–H and O–H groups in total. The number of carbonyl (C=O) groups is 3. The highest BCUT2D eigenvalue weighted by Gasteiger charge is 2.49. The molecule has 31 nitrogen and oxygen atoms in total. The van der Waals surface area contributed by atoms with Crippen molar-refractivity contribution in [2.75, 3.05) is 125 Å². The van der Waals surface area contributed by atoms with Gasteiger partial charge in [-0.2, -0.15) is 4.58 Å². The second kappa shape index (κ2) is 35.4. The fourth-order valence-corrected chi connectivity index (χ4v) is 16.5. The van der Waals surface area contributed by atoms with E-state index in [1.165, 1.54) is 37.4 Å². The molecule has 2 unspecified atom stereocenters. The molecule has 5 aromatic rings. The number of carbonyl (C=O) groups excluding carboxylic acids is 3. The first-order chi connectivity index (χ1) is 50.1. The van der Waals surface area contributed by atoms with Crippen LogP contribution in [0.1, 0.15) is 89.7 Å². The van der Waals surface area contributed by atoms with E-state index in [-0.39, 0.29) is 162 Å². The van der Waals surface area contributed by atoms with Crippen LogP contribution in [0.15, 0.2) is 144 Å². The van der Waals surface area contributed by atoms with Gasteiger partial charge in [0.2, 0.25) is 5.69 Å². The number of ether oxygens (including phenoxy) is 9. The Kier molecular flexibility index (Phi) is 27.6. The minimum absolute atomic E-state index is 0.00309. The minimum Gasteiger partial charge on any atom is -0.744 e. The van der Waals surface area contributed by atoms with Crippen LogP contribution in [-0.4, -0.2) is 218 Å². The van der Waals surface area contributed by atoms with Crippen LogP contribution in [0.5, 0.6) is 5.75 Å². The number of benzene rings is 5. The van der Waals surface area contributed by atoms with Crippen molar-refractivity contribution in [1.29, 1.82) is 0 Å². The molecule has 0 radical (unpaired) electrons. The summed E-state index contributed by atoms with van der Waals surface area (Å²) in [4.78, 5) is 40.9. The van der Waals surface area contributed by atoms with Crippen LogP contribution in [0.2, 0.25) is 0 Å². The van der Waals surface area contributed by atoms with Gasteiger partial charge in [0.1, 0.15) is 68.6 Å². The quantitative estimate of drug-likeness (QED) is 0.0185. The highest BCUT2D eigenvalue weighted by molar-refractivity contribution is 7.87. The maximum absolute atomic E-state index is 13.5. The monoisotopic (exact) mass is 1570 g/mol. The maximum atomic E-state index is 13.5. The molecule has 3 aliphatic heterocycles. The molecule has 9 rings (SSSR count). The fraction of sp³-hybridized carbons (Fsp3) is 0.457. The zero-order valence-electron chi connectivity index (χ0n) is 58.7. The standard InChI is InChI=1S/C70H85N3O28S5/c1-6-71-57-20-18-53-55(43-51(103(80,81)82)45-59(53)105(86,87)88)66(57)69(2,26-29-94-35-37-98-41-39-96-33-31-92-4)61(71)22-12-47-9-7-10-48(68(47)100-49-14-16-50(17-15-49)102(77,78)79)13-23-62-70(3,27-30-95-36-38-99-42-40-97-34-32-93-5)67-56-44-52(104(83,84)85)46-60(106(89,90)91)54(56)19-21-58(67)72(62)28-8-11-65(76)101-73-63(74)24-25-64(73)75/h12-23,43-46H,6-11,24-42H2,1-5H3,(H4-,77,78,79,80,81,82,83,84,85,86,87,88,89,90,91)/p-4. The van der Waals surface area contributed by atoms with E-state index in [1.807, 2.05) is 18.4 Å². The van der Waals surface area contributed by atoms with Gasteiger partial charge in [0.15, 0.2) is 5.71 Å². The van der Waals surface area contributed by atoms with Gasteiger partial charge in [0.25, 0.3) is 11.8 Å².